The van der Waals surface area contributed by atoms with Gasteiger partial charge in [0.05, 0.1) is 16.3 Å². The Hall–Kier alpha value is -3.50. The summed E-state index contributed by atoms with van der Waals surface area (Å²) in [6, 6.07) is 25.5. The molecule has 0 saturated heterocycles. The fourth-order valence-electron chi connectivity index (χ4n) is 5.20. The van der Waals surface area contributed by atoms with E-state index in [1.54, 1.807) is 0 Å². The molecule has 6 rings (SSSR count). The van der Waals surface area contributed by atoms with E-state index in [4.69, 9.17) is 4.99 Å². The Labute approximate surface area is 209 Å². The molecule has 4 heteroatoms. The number of aryl methyl sites for hydroxylation is 2. The maximum Gasteiger partial charge on any atom is 0.271 e. The molecule has 0 bridgehead atoms. The van der Waals surface area contributed by atoms with Crippen LogP contribution < -0.4 is 14.9 Å². The summed E-state index contributed by atoms with van der Waals surface area (Å²) in [6.07, 6.45) is 3.89. The first-order valence-electron chi connectivity index (χ1n) is 12.3. The molecule has 3 nitrogen and oxygen atoms in total. The lowest BCUT2D eigenvalue weighted by Crippen LogP contribution is -2.38. The zero-order valence-corrected chi connectivity index (χ0v) is 21.1. The van der Waals surface area contributed by atoms with Crippen LogP contribution in [-0.4, -0.2) is 4.57 Å². The summed E-state index contributed by atoms with van der Waals surface area (Å²) in [5.41, 5.74) is 9.57. The van der Waals surface area contributed by atoms with Crippen LogP contribution in [0.15, 0.2) is 88.2 Å². The molecular weight excluding hydrogens is 448 g/mol. The minimum absolute atomic E-state index is 0.0395. The van der Waals surface area contributed by atoms with Crippen molar-refractivity contribution in [2.75, 3.05) is 0 Å². The predicted octanol–water partition coefficient (Wildman–Crippen LogP) is 5.75. The fraction of sp³-hybridized carbons (Fsp3) is 0.226. The highest BCUT2D eigenvalue weighted by Crippen LogP contribution is 2.41. The summed E-state index contributed by atoms with van der Waals surface area (Å²) in [7, 11) is 0. The first kappa shape index (κ1) is 22.0. The molecule has 2 heterocycles. The number of hydrogen-bond donors (Lipinski definition) is 0. The van der Waals surface area contributed by atoms with Gasteiger partial charge >= 0.3 is 0 Å². The van der Waals surface area contributed by atoms with Gasteiger partial charge in [-0.25, -0.2) is 4.99 Å². The molecular formula is C31H28N2OS. The third kappa shape index (κ3) is 3.82. The predicted molar refractivity (Wildman–Crippen MR) is 144 cm³/mol. The minimum atomic E-state index is -0.124. The summed E-state index contributed by atoms with van der Waals surface area (Å²) in [5, 5.41) is 0. The Bertz CT molecular complexity index is 1630. The smallest absolute Gasteiger partial charge is 0.271 e. The molecule has 35 heavy (non-hydrogen) atoms. The minimum Gasteiger partial charge on any atom is -0.272 e. The molecule has 1 aliphatic carbocycles. The van der Waals surface area contributed by atoms with Gasteiger partial charge in [-0.3, -0.25) is 9.36 Å². The van der Waals surface area contributed by atoms with Gasteiger partial charge < -0.3 is 0 Å². The molecule has 0 amide bonds. The van der Waals surface area contributed by atoms with Gasteiger partial charge in [-0.1, -0.05) is 104 Å². The third-order valence-electron chi connectivity index (χ3n) is 7.17. The zero-order chi connectivity index (χ0) is 24.1. The average Bonchev–Trinajstić information content (AvgIpc) is 3.18. The van der Waals surface area contributed by atoms with Crippen molar-refractivity contribution in [3.05, 3.63) is 131 Å². The first-order valence-corrected chi connectivity index (χ1v) is 13.1. The standard InChI is InChI=1S/C31H28N2OS/c1-19(2)22-14-10-21(11-15-22)18-27-30(34)33-29(24-12-8-20(3)9-13-24)26-17-16-23-6-4-5-7-25(23)28(26)32-31(33)35-27/h4-15,18-19,29H,16-17H2,1-3H3. The summed E-state index contributed by atoms with van der Waals surface area (Å²) >= 11 is 1.49. The summed E-state index contributed by atoms with van der Waals surface area (Å²) < 4.78 is 2.66. The van der Waals surface area contributed by atoms with E-state index >= 15 is 0 Å². The van der Waals surface area contributed by atoms with E-state index in [2.05, 4.69) is 93.6 Å². The van der Waals surface area contributed by atoms with Crippen molar-refractivity contribution in [1.82, 2.24) is 4.57 Å². The normalized spacial score (nSPS) is 17.1. The maximum absolute atomic E-state index is 13.8. The van der Waals surface area contributed by atoms with E-state index < -0.39 is 0 Å². The highest BCUT2D eigenvalue weighted by atomic mass is 32.1. The van der Waals surface area contributed by atoms with Crippen molar-refractivity contribution < 1.29 is 0 Å². The highest BCUT2D eigenvalue weighted by Gasteiger charge is 2.32. The van der Waals surface area contributed by atoms with Crippen molar-refractivity contribution in [3.8, 4) is 0 Å². The molecule has 4 aromatic rings. The molecule has 3 aromatic carbocycles. The summed E-state index contributed by atoms with van der Waals surface area (Å²) in [6.45, 7) is 6.48. The van der Waals surface area contributed by atoms with Gasteiger partial charge in [0.2, 0.25) is 0 Å². The number of rotatable bonds is 3. The van der Waals surface area contributed by atoms with E-state index in [0.717, 1.165) is 39.0 Å². The lowest BCUT2D eigenvalue weighted by atomic mass is 9.83. The van der Waals surface area contributed by atoms with Crippen LogP contribution in [0.1, 0.15) is 65.6 Å². The lowest BCUT2D eigenvalue weighted by Gasteiger charge is -2.30. The van der Waals surface area contributed by atoms with Gasteiger partial charge in [-0.15, -0.1) is 0 Å². The van der Waals surface area contributed by atoms with E-state index in [0.29, 0.717) is 5.92 Å². The van der Waals surface area contributed by atoms with Crippen molar-refractivity contribution in [1.29, 1.82) is 0 Å². The van der Waals surface area contributed by atoms with Gasteiger partial charge in [-0.05, 0) is 59.6 Å². The largest absolute Gasteiger partial charge is 0.272 e. The number of allylic oxidation sites excluding steroid dienone is 1. The molecule has 174 valence electrons. The second-order valence-corrected chi connectivity index (χ2v) is 10.9. The molecule has 0 spiro atoms. The van der Waals surface area contributed by atoms with Crippen LogP contribution in [0.4, 0.5) is 0 Å². The van der Waals surface area contributed by atoms with Gasteiger partial charge in [0.1, 0.15) is 0 Å². The zero-order valence-electron chi connectivity index (χ0n) is 20.3. The Morgan fingerprint density at radius 2 is 1.71 bits per heavy atom. The number of fused-ring (bicyclic) bond motifs is 3. The maximum atomic E-state index is 13.8. The number of aromatic nitrogens is 1. The molecule has 1 aromatic heterocycles. The van der Waals surface area contributed by atoms with Crippen LogP contribution in [0.3, 0.4) is 0 Å². The molecule has 1 atom stereocenters. The van der Waals surface area contributed by atoms with Gasteiger partial charge in [0.15, 0.2) is 4.80 Å². The highest BCUT2D eigenvalue weighted by molar-refractivity contribution is 7.07. The quantitative estimate of drug-likeness (QED) is 0.371. The number of hydrogen-bond acceptors (Lipinski definition) is 3. The molecule has 1 unspecified atom stereocenters. The Balaban J connectivity index is 1.57. The van der Waals surface area contributed by atoms with Gasteiger partial charge in [-0.2, -0.15) is 0 Å². The van der Waals surface area contributed by atoms with Crippen molar-refractivity contribution in [3.63, 3.8) is 0 Å². The topological polar surface area (TPSA) is 34.4 Å². The van der Waals surface area contributed by atoms with Crippen molar-refractivity contribution >= 4 is 23.1 Å². The Morgan fingerprint density at radius 1 is 0.971 bits per heavy atom. The van der Waals surface area contributed by atoms with Crippen molar-refractivity contribution in [2.45, 2.75) is 45.6 Å². The van der Waals surface area contributed by atoms with Crippen LogP contribution in [0.2, 0.25) is 0 Å². The van der Waals surface area contributed by atoms with Gasteiger partial charge in [0, 0.05) is 5.56 Å². The van der Waals surface area contributed by atoms with E-state index in [-0.39, 0.29) is 11.6 Å². The second-order valence-electron chi connectivity index (χ2n) is 9.85. The molecule has 1 aliphatic heterocycles. The van der Waals surface area contributed by atoms with Crippen LogP contribution in [0.25, 0.3) is 11.8 Å². The molecule has 0 N–H and O–H groups in total. The molecule has 0 fully saturated rings. The lowest BCUT2D eigenvalue weighted by molar-refractivity contribution is 0.585. The Kier molecular flexibility index (Phi) is 5.42. The average molecular weight is 477 g/mol. The summed E-state index contributed by atoms with van der Waals surface area (Å²) in [5.74, 6) is 0.484. The van der Waals surface area contributed by atoms with E-state index in [1.165, 1.54) is 39.2 Å². The molecule has 0 saturated carbocycles. The monoisotopic (exact) mass is 476 g/mol. The third-order valence-corrected chi connectivity index (χ3v) is 8.15. The second kappa shape index (κ2) is 8.62. The number of nitrogens with zero attached hydrogens (tertiary/aromatic N) is 2. The fourth-order valence-corrected chi connectivity index (χ4v) is 6.20. The molecule has 2 aliphatic rings. The van der Waals surface area contributed by atoms with Crippen LogP contribution in [-0.2, 0) is 6.42 Å². The number of benzene rings is 3. The Morgan fingerprint density at radius 3 is 2.46 bits per heavy atom. The summed E-state index contributed by atoms with van der Waals surface area (Å²) in [4.78, 5) is 19.7. The first-order chi connectivity index (χ1) is 17.0. The van der Waals surface area contributed by atoms with Crippen molar-refractivity contribution in [2.24, 2.45) is 4.99 Å². The van der Waals surface area contributed by atoms with E-state index in [9.17, 15) is 4.79 Å². The number of thiazole rings is 1. The van der Waals surface area contributed by atoms with Crippen LogP contribution in [0.5, 0.6) is 0 Å². The van der Waals surface area contributed by atoms with Gasteiger partial charge in [0.25, 0.3) is 5.56 Å². The SMILES string of the molecule is Cc1ccc(C2C3=C(N=c4sc(=Cc5ccc(C(C)C)cc5)c(=O)n42)c2ccccc2CC3)cc1. The van der Waals surface area contributed by atoms with E-state index in [1.807, 2.05) is 10.6 Å². The van der Waals surface area contributed by atoms with Crippen LogP contribution in [0, 0.1) is 6.92 Å². The molecule has 0 radical (unpaired) electrons. The van der Waals surface area contributed by atoms with Crippen LogP contribution >= 0.6 is 11.3 Å².